The fourth-order valence-electron chi connectivity index (χ4n) is 5.12. The number of hydrogen-bond donors (Lipinski definition) is 3. The molecule has 4 N–H and O–H groups in total. The standard InChI is InChI=1S/C27H30FN5O3S/c1-33(26(35)36)19-5-2-16(3-6-19)12-24(34)30-23-14-20(18-8-11-37-15-18)25(32-31-23)17-4-7-21(22(28)13-17)27(29)9-10-27/h4,7-8,11,13-16,19H,2-3,5-6,9-10,12,29H2,1H3,(H,35,36)(H,30,31,34)/t16-,19-. The Labute approximate surface area is 218 Å². The maximum atomic E-state index is 14.9. The van der Waals surface area contributed by atoms with Gasteiger partial charge < -0.3 is 21.1 Å². The van der Waals surface area contributed by atoms with E-state index in [-0.39, 0.29) is 23.7 Å². The molecule has 0 spiro atoms. The van der Waals surface area contributed by atoms with Crippen molar-refractivity contribution < 1.29 is 19.1 Å². The highest BCUT2D eigenvalue weighted by Crippen LogP contribution is 2.44. The summed E-state index contributed by atoms with van der Waals surface area (Å²) in [6, 6.07) is 8.74. The van der Waals surface area contributed by atoms with E-state index in [4.69, 9.17) is 5.73 Å². The first-order chi connectivity index (χ1) is 17.7. The molecule has 8 nitrogen and oxygen atoms in total. The number of rotatable bonds is 7. The van der Waals surface area contributed by atoms with E-state index in [0.29, 0.717) is 29.1 Å². The van der Waals surface area contributed by atoms with Crippen molar-refractivity contribution in [3.05, 3.63) is 52.5 Å². The van der Waals surface area contributed by atoms with Gasteiger partial charge in [0, 0.05) is 41.7 Å². The molecule has 2 fully saturated rings. The fourth-order valence-corrected chi connectivity index (χ4v) is 5.78. The van der Waals surface area contributed by atoms with E-state index in [1.54, 1.807) is 19.2 Å². The lowest BCUT2D eigenvalue weighted by Crippen LogP contribution is -2.38. The zero-order valence-corrected chi connectivity index (χ0v) is 21.4. The minimum Gasteiger partial charge on any atom is -0.465 e. The number of anilines is 1. The summed E-state index contributed by atoms with van der Waals surface area (Å²) in [4.78, 5) is 25.3. The number of halogens is 1. The molecule has 2 saturated carbocycles. The van der Waals surface area contributed by atoms with Crippen LogP contribution in [0.3, 0.4) is 0 Å². The van der Waals surface area contributed by atoms with Crippen LogP contribution in [-0.2, 0) is 10.3 Å². The number of aromatic nitrogens is 2. The minimum atomic E-state index is -0.922. The van der Waals surface area contributed by atoms with E-state index < -0.39 is 11.6 Å². The summed E-state index contributed by atoms with van der Waals surface area (Å²) in [6.45, 7) is 0. The average Bonchev–Trinajstić information content (AvgIpc) is 3.38. The lowest BCUT2D eigenvalue weighted by molar-refractivity contribution is -0.117. The van der Waals surface area contributed by atoms with Gasteiger partial charge in [-0.2, -0.15) is 11.3 Å². The third kappa shape index (κ3) is 5.50. The van der Waals surface area contributed by atoms with E-state index in [1.807, 2.05) is 22.9 Å². The lowest BCUT2D eigenvalue weighted by Gasteiger charge is -2.32. The van der Waals surface area contributed by atoms with Crippen LogP contribution in [0.25, 0.3) is 22.4 Å². The van der Waals surface area contributed by atoms with Gasteiger partial charge in [-0.1, -0.05) is 12.1 Å². The summed E-state index contributed by atoms with van der Waals surface area (Å²) in [6.07, 6.45) is 4.06. The molecule has 2 aliphatic rings. The number of nitrogens with one attached hydrogen (secondary N) is 1. The Morgan fingerprint density at radius 1 is 1.16 bits per heavy atom. The van der Waals surface area contributed by atoms with Crippen molar-refractivity contribution in [2.45, 2.75) is 56.5 Å². The average molecular weight is 524 g/mol. The van der Waals surface area contributed by atoms with Gasteiger partial charge in [0.15, 0.2) is 5.82 Å². The molecule has 0 saturated heterocycles. The molecule has 2 aliphatic carbocycles. The Hall–Kier alpha value is -3.37. The van der Waals surface area contributed by atoms with Crippen LogP contribution in [0.2, 0.25) is 0 Å². The molecule has 2 aromatic heterocycles. The van der Waals surface area contributed by atoms with E-state index in [1.165, 1.54) is 22.3 Å². The molecule has 1 aromatic carbocycles. The molecule has 0 atom stereocenters. The van der Waals surface area contributed by atoms with Crippen LogP contribution in [0, 0.1) is 11.7 Å². The Morgan fingerprint density at radius 2 is 1.92 bits per heavy atom. The van der Waals surface area contributed by atoms with Crippen molar-refractivity contribution >= 4 is 29.2 Å². The number of carbonyl (C=O) groups excluding carboxylic acids is 1. The zero-order chi connectivity index (χ0) is 26.2. The lowest BCUT2D eigenvalue weighted by atomic mass is 9.83. The molecule has 5 rings (SSSR count). The number of amides is 2. The highest BCUT2D eigenvalue weighted by molar-refractivity contribution is 7.08. The molecule has 2 amide bonds. The number of thiophene rings is 1. The van der Waals surface area contributed by atoms with Crippen LogP contribution < -0.4 is 11.1 Å². The minimum absolute atomic E-state index is 0.00181. The molecule has 37 heavy (non-hydrogen) atoms. The van der Waals surface area contributed by atoms with Gasteiger partial charge in [-0.3, -0.25) is 4.79 Å². The SMILES string of the molecule is CN(C(=O)O)[C@H]1CC[C@H](CC(=O)Nc2cc(-c3ccsc3)c(-c3ccc(C4(N)CC4)c(F)c3)nn2)CC1. The van der Waals surface area contributed by atoms with Gasteiger partial charge in [-0.05, 0) is 79.0 Å². The van der Waals surface area contributed by atoms with E-state index in [2.05, 4.69) is 15.5 Å². The van der Waals surface area contributed by atoms with Gasteiger partial charge in [0.25, 0.3) is 0 Å². The van der Waals surface area contributed by atoms with E-state index >= 15 is 0 Å². The van der Waals surface area contributed by atoms with Crippen molar-refractivity contribution in [3.8, 4) is 22.4 Å². The van der Waals surface area contributed by atoms with Crippen molar-refractivity contribution in [2.75, 3.05) is 12.4 Å². The van der Waals surface area contributed by atoms with Crippen LogP contribution in [0.15, 0.2) is 41.1 Å². The van der Waals surface area contributed by atoms with Crippen LogP contribution >= 0.6 is 11.3 Å². The Bertz CT molecular complexity index is 1300. The summed E-state index contributed by atoms with van der Waals surface area (Å²) in [5.74, 6) is 0.0321. The number of benzene rings is 1. The highest BCUT2D eigenvalue weighted by atomic mass is 32.1. The summed E-state index contributed by atoms with van der Waals surface area (Å²) < 4.78 is 14.9. The number of carbonyl (C=O) groups is 2. The predicted octanol–water partition coefficient (Wildman–Crippen LogP) is 5.46. The molecule has 0 aliphatic heterocycles. The van der Waals surface area contributed by atoms with Gasteiger partial charge in [-0.15, -0.1) is 10.2 Å². The molecule has 0 unspecified atom stereocenters. The molecule has 2 heterocycles. The number of nitrogens with zero attached hydrogens (tertiary/aromatic N) is 3. The highest BCUT2D eigenvalue weighted by Gasteiger charge is 2.42. The molecule has 194 valence electrons. The summed E-state index contributed by atoms with van der Waals surface area (Å²) in [5.41, 5.74) is 8.95. The third-order valence-electron chi connectivity index (χ3n) is 7.60. The van der Waals surface area contributed by atoms with Crippen molar-refractivity contribution in [1.82, 2.24) is 15.1 Å². The maximum Gasteiger partial charge on any atom is 0.407 e. The number of carboxylic acid groups (broad SMARTS) is 1. The summed E-state index contributed by atoms with van der Waals surface area (Å²) in [5, 5.41) is 24.6. The second-order valence-corrected chi connectivity index (χ2v) is 11.0. The second-order valence-electron chi connectivity index (χ2n) is 10.2. The summed E-state index contributed by atoms with van der Waals surface area (Å²) in [7, 11) is 1.60. The first kappa shape index (κ1) is 25.3. The second kappa shape index (κ2) is 10.2. The largest absolute Gasteiger partial charge is 0.465 e. The Morgan fingerprint density at radius 3 is 2.54 bits per heavy atom. The molecule has 3 aromatic rings. The zero-order valence-electron chi connectivity index (χ0n) is 20.6. The molecule has 10 heteroatoms. The topological polar surface area (TPSA) is 121 Å². The summed E-state index contributed by atoms with van der Waals surface area (Å²) >= 11 is 1.54. The predicted molar refractivity (Wildman–Crippen MR) is 141 cm³/mol. The Kier molecular flexibility index (Phi) is 6.96. The maximum absolute atomic E-state index is 14.9. The van der Waals surface area contributed by atoms with Crippen LogP contribution in [0.1, 0.15) is 50.5 Å². The van der Waals surface area contributed by atoms with Gasteiger partial charge in [0.2, 0.25) is 5.91 Å². The molecular formula is C27H30FN5O3S. The van der Waals surface area contributed by atoms with E-state index in [9.17, 15) is 19.1 Å². The number of nitrogens with two attached hydrogens (primary N) is 1. The van der Waals surface area contributed by atoms with Crippen molar-refractivity contribution in [1.29, 1.82) is 0 Å². The van der Waals surface area contributed by atoms with Gasteiger partial charge in [0.1, 0.15) is 11.5 Å². The molecule has 0 bridgehead atoms. The van der Waals surface area contributed by atoms with Gasteiger partial charge in [0.05, 0.1) is 0 Å². The fraction of sp³-hybridized carbons (Fsp3) is 0.407. The number of hydrogen-bond acceptors (Lipinski definition) is 6. The normalized spacial score (nSPS) is 20.3. The Balaban J connectivity index is 1.30. The first-order valence-electron chi connectivity index (χ1n) is 12.5. The van der Waals surface area contributed by atoms with Gasteiger partial charge in [-0.25, -0.2) is 9.18 Å². The van der Waals surface area contributed by atoms with Crippen LogP contribution in [0.4, 0.5) is 15.0 Å². The first-order valence-corrected chi connectivity index (χ1v) is 13.4. The van der Waals surface area contributed by atoms with Crippen LogP contribution in [0.5, 0.6) is 0 Å². The van der Waals surface area contributed by atoms with Crippen molar-refractivity contribution in [3.63, 3.8) is 0 Å². The molecular weight excluding hydrogens is 493 g/mol. The third-order valence-corrected chi connectivity index (χ3v) is 8.28. The van der Waals surface area contributed by atoms with Crippen LogP contribution in [-0.4, -0.2) is 45.3 Å². The van der Waals surface area contributed by atoms with E-state index in [0.717, 1.165) is 49.7 Å². The van der Waals surface area contributed by atoms with Crippen molar-refractivity contribution in [2.24, 2.45) is 11.7 Å². The molecule has 0 radical (unpaired) electrons. The quantitative estimate of drug-likeness (QED) is 0.378. The smallest absolute Gasteiger partial charge is 0.407 e. The monoisotopic (exact) mass is 523 g/mol. The van der Waals surface area contributed by atoms with Gasteiger partial charge >= 0.3 is 6.09 Å².